The highest BCUT2D eigenvalue weighted by molar-refractivity contribution is 14.1. The number of carboxylic acids is 2. The molecule has 0 atom stereocenters. The normalized spacial score (nSPS) is 9.94. The molecule has 0 saturated carbocycles. The summed E-state index contributed by atoms with van der Waals surface area (Å²) in [5.74, 6) is -3.08. The third-order valence-corrected chi connectivity index (χ3v) is 3.54. The van der Waals surface area contributed by atoms with Crippen molar-refractivity contribution in [3.8, 4) is 0 Å². The second kappa shape index (κ2) is 5.96. The van der Waals surface area contributed by atoms with E-state index in [2.05, 4.69) is 0 Å². The van der Waals surface area contributed by atoms with Gasteiger partial charge in [0.15, 0.2) is 0 Å². The first-order valence-corrected chi connectivity index (χ1v) is 6.33. The molecule has 1 rings (SSSR count). The third-order valence-electron chi connectivity index (χ3n) is 1.75. The summed E-state index contributed by atoms with van der Waals surface area (Å²) in [7, 11) is 0. The zero-order valence-electron chi connectivity index (χ0n) is 8.42. The molecule has 1 aromatic heterocycles. The van der Waals surface area contributed by atoms with Gasteiger partial charge in [0.05, 0.1) is 8.45 Å². The molecule has 2 N–H and O–H groups in total. The first-order valence-electron chi connectivity index (χ1n) is 4.37. The minimum atomic E-state index is -1.25. The largest absolute Gasteiger partial charge is 0.480 e. The zero-order chi connectivity index (χ0) is 13.0. The molecule has 0 fully saturated rings. The van der Waals surface area contributed by atoms with Crippen LogP contribution in [0, 0.1) is 2.88 Å². The number of carbonyl (C=O) groups is 3. The second-order valence-electron chi connectivity index (χ2n) is 3.09. The predicted molar refractivity (Wildman–Crippen MR) is 68.2 cm³/mol. The SMILES string of the molecule is O=C(O)CN(CC(=O)O)C(=O)c1csc(I)c1. The van der Waals surface area contributed by atoms with Crippen LogP contribution in [0.3, 0.4) is 0 Å². The highest BCUT2D eigenvalue weighted by Crippen LogP contribution is 2.18. The number of rotatable bonds is 5. The van der Waals surface area contributed by atoms with Gasteiger partial charge in [-0.25, -0.2) is 0 Å². The predicted octanol–water partition coefficient (Wildman–Crippen LogP) is 0.964. The van der Waals surface area contributed by atoms with Crippen molar-refractivity contribution in [2.24, 2.45) is 0 Å². The number of nitrogens with zero attached hydrogens (tertiary/aromatic N) is 1. The molecule has 0 bridgehead atoms. The van der Waals surface area contributed by atoms with Gasteiger partial charge in [0.1, 0.15) is 13.1 Å². The smallest absolute Gasteiger partial charge is 0.323 e. The summed E-state index contributed by atoms with van der Waals surface area (Å²) < 4.78 is 0.872. The second-order valence-corrected chi connectivity index (χ2v) is 5.89. The van der Waals surface area contributed by atoms with Crippen molar-refractivity contribution in [2.45, 2.75) is 0 Å². The summed E-state index contributed by atoms with van der Waals surface area (Å²) >= 11 is 3.36. The van der Waals surface area contributed by atoms with E-state index in [0.717, 1.165) is 7.78 Å². The van der Waals surface area contributed by atoms with Gasteiger partial charge >= 0.3 is 11.9 Å². The topological polar surface area (TPSA) is 94.9 Å². The molecule has 0 aliphatic rings. The molecule has 0 spiro atoms. The van der Waals surface area contributed by atoms with Crippen LogP contribution in [0.25, 0.3) is 0 Å². The van der Waals surface area contributed by atoms with E-state index in [1.807, 2.05) is 22.6 Å². The number of aliphatic carboxylic acids is 2. The Balaban J connectivity index is 2.85. The Morgan fingerprint density at radius 2 is 1.76 bits per heavy atom. The number of thiophene rings is 1. The van der Waals surface area contributed by atoms with E-state index in [9.17, 15) is 14.4 Å². The van der Waals surface area contributed by atoms with Crippen LogP contribution in [-0.4, -0.2) is 46.0 Å². The third kappa shape index (κ3) is 4.30. The lowest BCUT2D eigenvalue weighted by molar-refractivity contribution is -0.140. The number of hydrogen-bond acceptors (Lipinski definition) is 4. The lowest BCUT2D eigenvalue weighted by Gasteiger charge is -2.17. The molecule has 1 heterocycles. The highest BCUT2D eigenvalue weighted by atomic mass is 127. The molecule has 8 heteroatoms. The molecule has 0 radical (unpaired) electrons. The van der Waals surface area contributed by atoms with Crippen molar-refractivity contribution < 1.29 is 24.6 Å². The van der Waals surface area contributed by atoms with Crippen LogP contribution < -0.4 is 0 Å². The van der Waals surface area contributed by atoms with Crippen LogP contribution in [0.4, 0.5) is 0 Å². The van der Waals surface area contributed by atoms with E-state index in [0.29, 0.717) is 5.56 Å². The molecule has 6 nitrogen and oxygen atoms in total. The summed E-state index contributed by atoms with van der Waals surface area (Å²) in [6, 6.07) is 1.59. The summed E-state index contributed by atoms with van der Waals surface area (Å²) in [6.07, 6.45) is 0. The van der Waals surface area contributed by atoms with Gasteiger partial charge in [-0.05, 0) is 28.7 Å². The molecule has 0 aliphatic carbocycles. The first-order chi connectivity index (χ1) is 7.90. The summed E-state index contributed by atoms with van der Waals surface area (Å²) in [5.41, 5.74) is 0.307. The first kappa shape index (κ1) is 13.9. The number of carboxylic acid groups (broad SMARTS) is 2. The molecular weight excluding hydrogens is 361 g/mol. The Hall–Kier alpha value is -1.16. The monoisotopic (exact) mass is 369 g/mol. The van der Waals surface area contributed by atoms with E-state index >= 15 is 0 Å². The van der Waals surface area contributed by atoms with Gasteiger partial charge in [-0.2, -0.15) is 0 Å². The van der Waals surface area contributed by atoms with E-state index in [1.54, 1.807) is 11.4 Å². The quantitative estimate of drug-likeness (QED) is 0.755. The number of halogens is 1. The number of amides is 1. The highest BCUT2D eigenvalue weighted by Gasteiger charge is 2.21. The van der Waals surface area contributed by atoms with E-state index in [1.165, 1.54) is 11.3 Å². The van der Waals surface area contributed by atoms with Gasteiger partial charge in [0.25, 0.3) is 5.91 Å². The van der Waals surface area contributed by atoms with Gasteiger partial charge in [0, 0.05) is 5.38 Å². The Kier molecular flexibility index (Phi) is 4.87. The Labute approximate surface area is 114 Å². The number of carbonyl (C=O) groups excluding carboxylic acids is 1. The average molecular weight is 369 g/mol. The van der Waals surface area contributed by atoms with E-state index in [4.69, 9.17) is 10.2 Å². The van der Waals surface area contributed by atoms with E-state index in [-0.39, 0.29) is 0 Å². The maximum absolute atomic E-state index is 11.8. The molecule has 0 aromatic carbocycles. The van der Waals surface area contributed by atoms with Crippen molar-refractivity contribution in [3.05, 3.63) is 19.9 Å². The fourth-order valence-corrected chi connectivity index (χ4v) is 2.45. The van der Waals surface area contributed by atoms with Gasteiger partial charge < -0.3 is 15.1 Å². The average Bonchev–Trinajstić information content (AvgIpc) is 2.61. The van der Waals surface area contributed by atoms with Crippen molar-refractivity contribution >= 4 is 51.8 Å². The van der Waals surface area contributed by atoms with Crippen LogP contribution in [0.2, 0.25) is 0 Å². The Morgan fingerprint density at radius 1 is 1.24 bits per heavy atom. The Morgan fingerprint density at radius 3 is 2.12 bits per heavy atom. The maximum atomic E-state index is 11.8. The minimum Gasteiger partial charge on any atom is -0.480 e. The van der Waals surface area contributed by atoms with Gasteiger partial charge in [-0.15, -0.1) is 11.3 Å². The molecular formula is C9H8INO5S. The van der Waals surface area contributed by atoms with Crippen LogP contribution in [0.15, 0.2) is 11.4 Å². The fraction of sp³-hybridized carbons (Fsp3) is 0.222. The van der Waals surface area contributed by atoms with Crippen LogP contribution in [0.5, 0.6) is 0 Å². The molecule has 0 unspecified atom stereocenters. The fourth-order valence-electron chi connectivity index (χ4n) is 1.13. The molecule has 1 aromatic rings. The van der Waals surface area contributed by atoms with Crippen LogP contribution in [-0.2, 0) is 9.59 Å². The standard InChI is InChI=1S/C9H8INO5S/c10-6-1-5(4-17-6)9(16)11(2-7(12)13)3-8(14)15/h1,4H,2-3H2,(H,12,13)(H,14,15). The molecule has 17 heavy (non-hydrogen) atoms. The molecule has 92 valence electrons. The number of hydrogen-bond donors (Lipinski definition) is 2. The van der Waals surface area contributed by atoms with Crippen LogP contribution >= 0.6 is 33.9 Å². The molecule has 1 amide bonds. The van der Waals surface area contributed by atoms with Crippen molar-refractivity contribution in [1.29, 1.82) is 0 Å². The van der Waals surface area contributed by atoms with Crippen LogP contribution in [0.1, 0.15) is 10.4 Å². The maximum Gasteiger partial charge on any atom is 0.323 e. The van der Waals surface area contributed by atoms with Crippen molar-refractivity contribution in [2.75, 3.05) is 13.1 Å². The van der Waals surface area contributed by atoms with Crippen molar-refractivity contribution in [1.82, 2.24) is 4.90 Å². The summed E-state index contributed by atoms with van der Waals surface area (Å²) in [5, 5.41) is 18.8. The van der Waals surface area contributed by atoms with E-state index < -0.39 is 30.9 Å². The molecule has 0 aliphatic heterocycles. The lowest BCUT2D eigenvalue weighted by atomic mass is 10.3. The molecule has 0 saturated heterocycles. The minimum absolute atomic E-state index is 0.307. The summed E-state index contributed by atoms with van der Waals surface area (Å²) in [6.45, 7) is -1.25. The van der Waals surface area contributed by atoms with Gasteiger partial charge in [0.2, 0.25) is 0 Å². The van der Waals surface area contributed by atoms with Gasteiger partial charge in [-0.1, -0.05) is 0 Å². The lowest BCUT2D eigenvalue weighted by Crippen LogP contribution is -2.39. The van der Waals surface area contributed by atoms with Gasteiger partial charge in [-0.3, -0.25) is 14.4 Å². The Bertz CT molecular complexity index is 442. The van der Waals surface area contributed by atoms with Crippen molar-refractivity contribution in [3.63, 3.8) is 0 Å². The summed E-state index contributed by atoms with van der Waals surface area (Å²) in [4.78, 5) is 33.7. The zero-order valence-corrected chi connectivity index (χ0v) is 11.4.